The molecule has 0 amide bonds. The molecule has 0 bridgehead atoms. The zero-order valence-corrected chi connectivity index (χ0v) is 11.1. The summed E-state index contributed by atoms with van der Waals surface area (Å²) >= 11 is 3.25. The van der Waals surface area contributed by atoms with E-state index >= 15 is 0 Å². The molecule has 2 aromatic rings. The third-order valence-corrected chi connectivity index (χ3v) is 2.98. The largest absolute Gasteiger partial charge is 0.472 e. The Labute approximate surface area is 108 Å². The molecule has 0 radical (unpaired) electrons. The predicted molar refractivity (Wildman–Crippen MR) is 68.0 cm³/mol. The summed E-state index contributed by atoms with van der Waals surface area (Å²) in [6.45, 7) is 1.32. The molecular formula is C13H13BrFNO. The number of benzene rings is 1. The van der Waals surface area contributed by atoms with Gasteiger partial charge in [0.1, 0.15) is 5.82 Å². The Morgan fingerprint density at radius 1 is 1.29 bits per heavy atom. The summed E-state index contributed by atoms with van der Waals surface area (Å²) in [7, 11) is 1.95. The minimum Gasteiger partial charge on any atom is -0.472 e. The van der Waals surface area contributed by atoms with Gasteiger partial charge in [-0.25, -0.2) is 4.39 Å². The Bertz CT molecular complexity index is 484. The van der Waals surface area contributed by atoms with Gasteiger partial charge in [-0.05, 0) is 25.2 Å². The summed E-state index contributed by atoms with van der Waals surface area (Å²) in [5.74, 6) is -0.182. The minimum absolute atomic E-state index is 0.182. The maximum atomic E-state index is 13.6. The molecule has 0 saturated heterocycles. The van der Waals surface area contributed by atoms with Gasteiger partial charge in [0.2, 0.25) is 0 Å². The molecule has 2 rings (SSSR count). The molecule has 0 aliphatic heterocycles. The van der Waals surface area contributed by atoms with Crippen molar-refractivity contribution in [2.45, 2.75) is 13.1 Å². The van der Waals surface area contributed by atoms with Gasteiger partial charge in [-0.1, -0.05) is 22.0 Å². The van der Waals surface area contributed by atoms with Crippen molar-refractivity contribution in [1.29, 1.82) is 0 Å². The zero-order chi connectivity index (χ0) is 12.3. The maximum absolute atomic E-state index is 13.6. The topological polar surface area (TPSA) is 16.4 Å². The Balaban J connectivity index is 2.00. The molecule has 17 heavy (non-hydrogen) atoms. The standard InChI is InChI=1S/C13H13BrFNO/c1-16(7-10-4-5-17-9-10)8-11-2-3-12(14)6-13(11)15/h2-6,9H,7-8H2,1H3. The van der Waals surface area contributed by atoms with Crippen molar-refractivity contribution in [2.75, 3.05) is 7.05 Å². The van der Waals surface area contributed by atoms with Gasteiger partial charge in [-0.3, -0.25) is 4.90 Å². The zero-order valence-electron chi connectivity index (χ0n) is 9.49. The molecule has 4 heteroatoms. The van der Waals surface area contributed by atoms with Crippen LogP contribution in [0.2, 0.25) is 0 Å². The first-order valence-corrected chi connectivity index (χ1v) is 6.08. The summed E-state index contributed by atoms with van der Waals surface area (Å²) in [6, 6.07) is 7.05. The van der Waals surface area contributed by atoms with E-state index < -0.39 is 0 Å². The predicted octanol–water partition coefficient (Wildman–Crippen LogP) is 3.81. The molecule has 1 aromatic carbocycles. The van der Waals surface area contributed by atoms with Crippen LogP contribution in [0.1, 0.15) is 11.1 Å². The Kier molecular flexibility index (Phi) is 3.97. The highest BCUT2D eigenvalue weighted by Crippen LogP contribution is 2.17. The number of halogens is 2. The maximum Gasteiger partial charge on any atom is 0.128 e. The van der Waals surface area contributed by atoms with Crippen molar-refractivity contribution in [1.82, 2.24) is 4.90 Å². The van der Waals surface area contributed by atoms with Gasteiger partial charge in [0, 0.05) is 28.7 Å². The summed E-state index contributed by atoms with van der Waals surface area (Å²) in [4.78, 5) is 2.04. The van der Waals surface area contributed by atoms with Gasteiger partial charge < -0.3 is 4.42 Å². The molecule has 0 spiro atoms. The van der Waals surface area contributed by atoms with Crippen LogP contribution in [0.15, 0.2) is 45.7 Å². The van der Waals surface area contributed by atoms with E-state index in [1.54, 1.807) is 18.6 Å². The van der Waals surface area contributed by atoms with E-state index in [0.717, 1.165) is 16.6 Å². The minimum atomic E-state index is -0.182. The van der Waals surface area contributed by atoms with Crippen LogP contribution in [-0.4, -0.2) is 11.9 Å². The van der Waals surface area contributed by atoms with Crippen LogP contribution in [-0.2, 0) is 13.1 Å². The number of hydrogen-bond donors (Lipinski definition) is 0. The van der Waals surface area contributed by atoms with Gasteiger partial charge in [-0.15, -0.1) is 0 Å². The molecule has 0 saturated carbocycles. The van der Waals surface area contributed by atoms with Crippen molar-refractivity contribution >= 4 is 15.9 Å². The average molecular weight is 298 g/mol. The van der Waals surface area contributed by atoms with Crippen LogP contribution in [0.4, 0.5) is 4.39 Å². The van der Waals surface area contributed by atoms with Gasteiger partial charge in [0.15, 0.2) is 0 Å². The van der Waals surface area contributed by atoms with Crippen LogP contribution in [0.5, 0.6) is 0 Å². The fraction of sp³-hybridized carbons (Fsp3) is 0.231. The van der Waals surface area contributed by atoms with Crippen molar-refractivity contribution in [3.05, 3.63) is 58.2 Å². The second-order valence-corrected chi connectivity index (χ2v) is 4.96. The fourth-order valence-corrected chi connectivity index (χ4v) is 2.02. The van der Waals surface area contributed by atoms with Crippen molar-refractivity contribution in [3.63, 3.8) is 0 Å². The second-order valence-electron chi connectivity index (χ2n) is 4.04. The molecule has 2 nitrogen and oxygen atoms in total. The summed E-state index contributed by atoms with van der Waals surface area (Å²) in [5, 5.41) is 0. The molecule has 0 unspecified atom stereocenters. The van der Waals surface area contributed by atoms with Gasteiger partial charge in [0.25, 0.3) is 0 Å². The Hall–Kier alpha value is -1.13. The van der Waals surface area contributed by atoms with Gasteiger partial charge in [-0.2, -0.15) is 0 Å². The van der Waals surface area contributed by atoms with Crippen molar-refractivity contribution in [2.24, 2.45) is 0 Å². The lowest BCUT2D eigenvalue weighted by Crippen LogP contribution is -2.17. The monoisotopic (exact) mass is 297 g/mol. The molecule has 0 N–H and O–H groups in total. The summed E-state index contributed by atoms with van der Waals surface area (Å²) in [5.41, 5.74) is 1.78. The lowest BCUT2D eigenvalue weighted by atomic mass is 10.2. The Morgan fingerprint density at radius 2 is 2.12 bits per heavy atom. The highest BCUT2D eigenvalue weighted by molar-refractivity contribution is 9.10. The number of hydrogen-bond acceptors (Lipinski definition) is 2. The van der Waals surface area contributed by atoms with Gasteiger partial charge >= 0.3 is 0 Å². The van der Waals surface area contributed by atoms with Crippen molar-refractivity contribution < 1.29 is 8.81 Å². The molecular weight excluding hydrogens is 285 g/mol. The molecule has 0 aliphatic carbocycles. The first-order chi connectivity index (χ1) is 8.15. The Morgan fingerprint density at radius 3 is 2.76 bits per heavy atom. The lowest BCUT2D eigenvalue weighted by Gasteiger charge is -2.16. The molecule has 0 atom stereocenters. The van der Waals surface area contributed by atoms with E-state index in [1.807, 2.05) is 24.1 Å². The van der Waals surface area contributed by atoms with Gasteiger partial charge in [0.05, 0.1) is 12.5 Å². The third kappa shape index (κ3) is 3.41. The SMILES string of the molecule is CN(Cc1ccoc1)Cc1ccc(Br)cc1F. The number of furan rings is 1. The first kappa shape index (κ1) is 12.3. The van der Waals surface area contributed by atoms with Crippen molar-refractivity contribution in [3.8, 4) is 0 Å². The average Bonchev–Trinajstić information content (AvgIpc) is 2.75. The highest BCUT2D eigenvalue weighted by atomic mass is 79.9. The van der Waals surface area contributed by atoms with Crippen LogP contribution in [0, 0.1) is 5.82 Å². The first-order valence-electron chi connectivity index (χ1n) is 5.28. The lowest BCUT2D eigenvalue weighted by molar-refractivity contribution is 0.312. The fourth-order valence-electron chi connectivity index (χ4n) is 1.69. The van der Waals surface area contributed by atoms with Crippen LogP contribution in [0.25, 0.3) is 0 Å². The third-order valence-electron chi connectivity index (χ3n) is 2.49. The number of rotatable bonds is 4. The molecule has 1 heterocycles. The molecule has 1 aromatic heterocycles. The normalized spacial score (nSPS) is 11.1. The second kappa shape index (κ2) is 5.47. The van der Waals surface area contributed by atoms with Crippen LogP contribution in [0.3, 0.4) is 0 Å². The van der Waals surface area contributed by atoms with Crippen LogP contribution < -0.4 is 0 Å². The van der Waals surface area contributed by atoms with E-state index in [0.29, 0.717) is 12.1 Å². The summed E-state index contributed by atoms with van der Waals surface area (Å²) in [6.07, 6.45) is 3.35. The quantitative estimate of drug-likeness (QED) is 0.853. The van der Waals surface area contributed by atoms with Crippen LogP contribution >= 0.6 is 15.9 Å². The summed E-state index contributed by atoms with van der Waals surface area (Å²) < 4.78 is 19.4. The molecule has 0 fully saturated rings. The molecule has 0 aliphatic rings. The van der Waals surface area contributed by atoms with E-state index in [-0.39, 0.29) is 5.82 Å². The number of nitrogens with zero attached hydrogens (tertiary/aromatic N) is 1. The van der Waals surface area contributed by atoms with E-state index in [9.17, 15) is 4.39 Å². The highest BCUT2D eigenvalue weighted by Gasteiger charge is 2.07. The smallest absolute Gasteiger partial charge is 0.128 e. The molecule has 90 valence electrons. The van der Waals surface area contributed by atoms with E-state index in [2.05, 4.69) is 15.9 Å². The van der Waals surface area contributed by atoms with E-state index in [4.69, 9.17) is 4.42 Å². The van der Waals surface area contributed by atoms with E-state index in [1.165, 1.54) is 6.07 Å².